The molecule has 0 fully saturated rings. The number of aromatic hydroxyl groups is 2. The predicted molar refractivity (Wildman–Crippen MR) is 81.7 cm³/mol. The zero-order chi connectivity index (χ0) is 15.6. The minimum atomic E-state index is -0.320. The van der Waals surface area contributed by atoms with E-state index < -0.39 is 0 Å². The Morgan fingerprint density at radius 2 is 1.81 bits per heavy atom. The van der Waals surface area contributed by atoms with Crippen LogP contribution in [0.2, 0.25) is 5.02 Å². The third-order valence-corrected chi connectivity index (χ3v) is 3.82. The summed E-state index contributed by atoms with van der Waals surface area (Å²) in [5.41, 5.74) is 1.14. The van der Waals surface area contributed by atoms with E-state index in [1.54, 1.807) is 13.1 Å². The van der Waals surface area contributed by atoms with E-state index in [9.17, 15) is 15.0 Å². The summed E-state index contributed by atoms with van der Waals surface area (Å²) in [6.07, 6.45) is 0. The third kappa shape index (κ3) is 3.11. The molecule has 5 heteroatoms. The lowest BCUT2D eigenvalue weighted by Gasteiger charge is -2.26. The van der Waals surface area contributed by atoms with Gasteiger partial charge in [0.1, 0.15) is 0 Å². The summed E-state index contributed by atoms with van der Waals surface area (Å²) in [6.45, 7) is 1.87. The largest absolute Gasteiger partial charge is 0.504 e. The Morgan fingerprint density at radius 1 is 1.14 bits per heavy atom. The minimum absolute atomic E-state index is 0.220. The molecule has 1 amide bonds. The first-order valence-corrected chi connectivity index (χ1v) is 6.83. The van der Waals surface area contributed by atoms with E-state index >= 15 is 0 Å². The van der Waals surface area contributed by atoms with Crippen molar-refractivity contribution >= 4 is 17.5 Å². The van der Waals surface area contributed by atoms with Gasteiger partial charge in [-0.05, 0) is 36.8 Å². The van der Waals surface area contributed by atoms with Gasteiger partial charge in [0, 0.05) is 17.6 Å². The van der Waals surface area contributed by atoms with Crippen molar-refractivity contribution < 1.29 is 15.0 Å². The van der Waals surface area contributed by atoms with Crippen LogP contribution in [0.5, 0.6) is 11.5 Å². The van der Waals surface area contributed by atoms with Gasteiger partial charge in [-0.2, -0.15) is 0 Å². The number of carbonyl (C=O) groups is 1. The summed E-state index contributed by atoms with van der Waals surface area (Å²) < 4.78 is 0. The highest BCUT2D eigenvalue weighted by Gasteiger charge is 2.21. The Labute approximate surface area is 128 Å². The molecule has 2 rings (SSSR count). The first-order chi connectivity index (χ1) is 9.91. The van der Waals surface area contributed by atoms with Gasteiger partial charge in [-0.3, -0.25) is 4.79 Å². The normalized spacial score (nSPS) is 12.0. The molecule has 21 heavy (non-hydrogen) atoms. The van der Waals surface area contributed by atoms with Crippen molar-refractivity contribution in [2.24, 2.45) is 0 Å². The van der Waals surface area contributed by atoms with E-state index in [4.69, 9.17) is 11.6 Å². The Bertz CT molecular complexity index is 672. The van der Waals surface area contributed by atoms with Crippen molar-refractivity contribution in [1.82, 2.24) is 4.90 Å². The number of phenols is 2. The molecule has 0 aliphatic heterocycles. The molecule has 4 nitrogen and oxygen atoms in total. The lowest BCUT2D eigenvalue weighted by molar-refractivity contribution is 0.0742. The summed E-state index contributed by atoms with van der Waals surface area (Å²) in [4.78, 5) is 14.0. The highest BCUT2D eigenvalue weighted by Crippen LogP contribution is 2.29. The summed E-state index contributed by atoms with van der Waals surface area (Å²) in [7, 11) is 1.67. The van der Waals surface area contributed by atoms with Crippen molar-refractivity contribution in [3.8, 4) is 11.5 Å². The molecule has 1 atom stereocenters. The quantitative estimate of drug-likeness (QED) is 0.852. The summed E-state index contributed by atoms with van der Waals surface area (Å²) in [5, 5.41) is 19.4. The molecule has 0 bridgehead atoms. The van der Waals surface area contributed by atoms with Crippen LogP contribution in [-0.4, -0.2) is 28.1 Å². The van der Waals surface area contributed by atoms with Gasteiger partial charge in [0.05, 0.1) is 6.04 Å². The third-order valence-electron chi connectivity index (χ3n) is 3.48. The first kappa shape index (κ1) is 15.2. The van der Waals surface area contributed by atoms with Gasteiger partial charge in [-0.1, -0.05) is 29.8 Å². The standard InChI is InChI=1S/C16H16ClNO3/c1-10(12-5-3-4-6-13(12)17)18(2)16(21)11-7-8-14(19)15(20)9-11/h3-10,19-20H,1-2H3. The van der Waals surface area contributed by atoms with Gasteiger partial charge < -0.3 is 15.1 Å². The number of hydrogen-bond donors (Lipinski definition) is 2. The van der Waals surface area contributed by atoms with Crippen LogP contribution in [0.25, 0.3) is 0 Å². The van der Waals surface area contributed by atoms with Gasteiger partial charge in [0.25, 0.3) is 5.91 Å². The van der Waals surface area contributed by atoms with Crippen LogP contribution in [0.1, 0.15) is 28.9 Å². The highest BCUT2D eigenvalue weighted by atomic mass is 35.5. The SMILES string of the molecule is CC(c1ccccc1Cl)N(C)C(=O)c1ccc(O)c(O)c1. The molecule has 0 saturated heterocycles. The van der Waals surface area contributed by atoms with Crippen molar-refractivity contribution in [2.45, 2.75) is 13.0 Å². The summed E-state index contributed by atoms with van der Waals surface area (Å²) >= 11 is 6.15. The number of benzene rings is 2. The van der Waals surface area contributed by atoms with Gasteiger partial charge >= 0.3 is 0 Å². The molecule has 2 N–H and O–H groups in total. The molecule has 110 valence electrons. The summed E-state index contributed by atoms with van der Waals surface area (Å²) in [5.74, 6) is -0.842. The second-order valence-corrected chi connectivity index (χ2v) is 5.22. The van der Waals surface area contributed by atoms with Crippen molar-refractivity contribution in [1.29, 1.82) is 0 Å². The highest BCUT2D eigenvalue weighted by molar-refractivity contribution is 6.31. The van der Waals surface area contributed by atoms with Crippen molar-refractivity contribution in [2.75, 3.05) is 7.05 Å². The Balaban J connectivity index is 2.26. The number of amides is 1. The molecule has 0 radical (unpaired) electrons. The number of rotatable bonds is 3. The monoisotopic (exact) mass is 305 g/mol. The number of phenolic OH excluding ortho intramolecular Hbond substituents is 2. The lowest BCUT2D eigenvalue weighted by atomic mass is 10.1. The molecular formula is C16H16ClNO3. The van der Waals surface area contributed by atoms with Gasteiger partial charge in [0.15, 0.2) is 11.5 Å². The fourth-order valence-electron chi connectivity index (χ4n) is 2.06. The topological polar surface area (TPSA) is 60.8 Å². The van der Waals surface area contributed by atoms with Crippen molar-refractivity contribution in [3.63, 3.8) is 0 Å². The lowest BCUT2D eigenvalue weighted by Crippen LogP contribution is -2.29. The zero-order valence-corrected chi connectivity index (χ0v) is 12.5. The summed E-state index contributed by atoms with van der Waals surface area (Å²) in [6, 6.07) is 11.1. The first-order valence-electron chi connectivity index (χ1n) is 6.45. The van der Waals surface area contributed by atoms with Crippen LogP contribution in [0, 0.1) is 0 Å². The number of halogens is 1. The minimum Gasteiger partial charge on any atom is -0.504 e. The molecule has 1 unspecified atom stereocenters. The van der Waals surface area contributed by atoms with Crippen LogP contribution in [-0.2, 0) is 0 Å². The van der Waals surface area contributed by atoms with E-state index in [0.29, 0.717) is 10.6 Å². The Kier molecular flexibility index (Phi) is 4.38. The smallest absolute Gasteiger partial charge is 0.254 e. The van der Waals surface area contributed by atoms with Crippen LogP contribution in [0.4, 0.5) is 0 Å². The Hall–Kier alpha value is -2.20. The predicted octanol–water partition coefficient (Wildman–Crippen LogP) is 3.58. The maximum absolute atomic E-state index is 12.4. The Morgan fingerprint density at radius 3 is 2.43 bits per heavy atom. The zero-order valence-electron chi connectivity index (χ0n) is 11.7. The van der Waals surface area contributed by atoms with Crippen LogP contribution >= 0.6 is 11.6 Å². The van der Waals surface area contributed by atoms with Crippen molar-refractivity contribution in [3.05, 3.63) is 58.6 Å². The molecular weight excluding hydrogens is 290 g/mol. The molecule has 0 aliphatic carbocycles. The van der Waals surface area contributed by atoms with E-state index in [-0.39, 0.29) is 23.4 Å². The molecule has 0 aromatic heterocycles. The van der Waals surface area contributed by atoms with E-state index in [1.807, 2.05) is 25.1 Å². The van der Waals surface area contributed by atoms with Gasteiger partial charge in [-0.25, -0.2) is 0 Å². The molecule has 0 aliphatic rings. The fourth-order valence-corrected chi connectivity index (χ4v) is 2.35. The van der Waals surface area contributed by atoms with Crippen LogP contribution in [0.15, 0.2) is 42.5 Å². The van der Waals surface area contributed by atoms with E-state index in [1.165, 1.54) is 23.1 Å². The van der Waals surface area contributed by atoms with Crippen LogP contribution < -0.4 is 0 Å². The number of nitrogens with zero attached hydrogens (tertiary/aromatic N) is 1. The van der Waals surface area contributed by atoms with Gasteiger partial charge in [-0.15, -0.1) is 0 Å². The van der Waals surface area contributed by atoms with E-state index in [2.05, 4.69) is 0 Å². The molecule has 0 spiro atoms. The second-order valence-electron chi connectivity index (χ2n) is 4.82. The average Bonchev–Trinajstić information content (AvgIpc) is 2.48. The molecule has 2 aromatic carbocycles. The average molecular weight is 306 g/mol. The maximum Gasteiger partial charge on any atom is 0.254 e. The molecule has 0 saturated carbocycles. The number of hydrogen-bond acceptors (Lipinski definition) is 3. The molecule has 2 aromatic rings. The van der Waals surface area contributed by atoms with E-state index in [0.717, 1.165) is 5.56 Å². The molecule has 0 heterocycles. The number of carbonyl (C=O) groups excluding carboxylic acids is 1. The van der Waals surface area contributed by atoms with Gasteiger partial charge in [0.2, 0.25) is 0 Å². The fraction of sp³-hybridized carbons (Fsp3) is 0.188. The van der Waals surface area contributed by atoms with Crippen LogP contribution in [0.3, 0.4) is 0 Å². The maximum atomic E-state index is 12.4. The second kappa shape index (κ2) is 6.06.